The third-order valence-electron chi connectivity index (χ3n) is 3.39. The van der Waals surface area contributed by atoms with Crippen LogP contribution in [0.4, 0.5) is 27.8 Å². The number of hydrogen-bond acceptors (Lipinski definition) is 7. The minimum absolute atomic E-state index is 0.264. The fraction of sp³-hybridized carbons (Fsp3) is 0.158. The highest BCUT2D eigenvalue weighted by Gasteiger charge is 2.29. The molecular weight excluding hydrogens is 425 g/mol. The van der Waals surface area contributed by atoms with Crippen molar-refractivity contribution in [3.8, 4) is 17.1 Å². The zero-order chi connectivity index (χ0) is 22.9. The van der Waals surface area contributed by atoms with Gasteiger partial charge in [0.05, 0.1) is 18.1 Å². The normalized spacial score (nSPS) is 10.6. The second kappa shape index (κ2) is 10.9. The molecule has 0 saturated carbocycles. The van der Waals surface area contributed by atoms with Gasteiger partial charge in [-0.25, -0.2) is 24.2 Å². The molecule has 0 saturated heterocycles. The Morgan fingerprint density at radius 2 is 1.74 bits per heavy atom. The fourth-order valence-corrected chi connectivity index (χ4v) is 2.03. The first-order chi connectivity index (χ1) is 14.7. The predicted molar refractivity (Wildman–Crippen MR) is 101 cm³/mol. The van der Waals surface area contributed by atoms with Crippen LogP contribution in [0, 0.1) is 11.6 Å². The molecule has 0 aliphatic heterocycles. The van der Waals surface area contributed by atoms with Crippen LogP contribution in [0.25, 0.3) is 11.3 Å². The minimum Gasteiger partial charge on any atom is -0.466 e. The van der Waals surface area contributed by atoms with E-state index in [2.05, 4.69) is 30.5 Å². The monoisotopic (exact) mass is 441 g/mol. The Hall–Kier alpha value is -3.67. The van der Waals surface area contributed by atoms with E-state index in [0.29, 0.717) is 23.4 Å². The number of alkyl halides is 3. The second-order valence-electron chi connectivity index (χ2n) is 5.75. The number of aldehydes is 1. The third-order valence-corrected chi connectivity index (χ3v) is 3.39. The number of halogens is 5. The number of carbonyl (C=O) groups is 1. The van der Waals surface area contributed by atoms with Gasteiger partial charge in [-0.2, -0.15) is 13.2 Å². The standard InChI is InChI=1S/C12H11F4N5O.C7H5FO/c1-17-21-10-5-18-9(4-19-10)7-2-8(13)11(20-3-7)22-6-12(14,15)16;8-7-3-1-6(5-9)2-4-7/h2-5,17H,6H2,1H3,(H,19,21);1-5H. The maximum Gasteiger partial charge on any atom is 0.422 e. The van der Waals surface area contributed by atoms with Gasteiger partial charge < -0.3 is 10.2 Å². The summed E-state index contributed by atoms with van der Waals surface area (Å²) >= 11 is 0. The van der Waals surface area contributed by atoms with Crippen LogP contribution in [0.15, 0.2) is 48.9 Å². The maximum absolute atomic E-state index is 13.7. The molecule has 3 rings (SSSR count). The molecule has 0 radical (unpaired) electrons. The molecule has 0 aliphatic carbocycles. The van der Waals surface area contributed by atoms with Gasteiger partial charge in [0.25, 0.3) is 5.88 Å². The van der Waals surface area contributed by atoms with Crippen LogP contribution in [0.2, 0.25) is 0 Å². The van der Waals surface area contributed by atoms with Crippen LogP contribution in [0.1, 0.15) is 10.4 Å². The molecule has 0 unspecified atom stereocenters. The molecule has 0 bridgehead atoms. The summed E-state index contributed by atoms with van der Waals surface area (Å²) in [6, 6.07) is 6.35. The van der Waals surface area contributed by atoms with Crippen LogP contribution in [0.3, 0.4) is 0 Å². The van der Waals surface area contributed by atoms with Crippen LogP contribution in [-0.2, 0) is 0 Å². The molecule has 3 aromatic rings. The van der Waals surface area contributed by atoms with E-state index in [1.807, 2.05) is 0 Å². The summed E-state index contributed by atoms with van der Waals surface area (Å²) in [6.45, 7) is -1.61. The minimum atomic E-state index is -4.56. The van der Waals surface area contributed by atoms with E-state index in [-0.39, 0.29) is 11.4 Å². The number of aromatic nitrogens is 3. The first kappa shape index (κ1) is 23.6. The molecule has 12 heteroatoms. The lowest BCUT2D eigenvalue weighted by atomic mass is 10.2. The van der Waals surface area contributed by atoms with Crippen molar-refractivity contribution in [3.05, 3.63) is 66.1 Å². The van der Waals surface area contributed by atoms with E-state index < -0.39 is 24.5 Å². The molecule has 0 atom stereocenters. The van der Waals surface area contributed by atoms with Crippen molar-refractivity contribution in [1.82, 2.24) is 20.4 Å². The molecule has 164 valence electrons. The van der Waals surface area contributed by atoms with Crippen LogP contribution < -0.4 is 15.6 Å². The van der Waals surface area contributed by atoms with Gasteiger partial charge in [-0.3, -0.25) is 9.78 Å². The van der Waals surface area contributed by atoms with E-state index in [1.165, 1.54) is 36.7 Å². The summed E-state index contributed by atoms with van der Waals surface area (Å²) < 4.78 is 66.1. The van der Waals surface area contributed by atoms with Gasteiger partial charge >= 0.3 is 6.18 Å². The number of nitrogens with one attached hydrogen (secondary N) is 2. The summed E-state index contributed by atoms with van der Waals surface area (Å²) in [5, 5.41) is 0. The molecule has 2 aromatic heterocycles. The summed E-state index contributed by atoms with van der Waals surface area (Å²) in [5.74, 6) is -1.60. The molecule has 7 nitrogen and oxygen atoms in total. The highest BCUT2D eigenvalue weighted by Crippen LogP contribution is 2.23. The topological polar surface area (TPSA) is 89.0 Å². The van der Waals surface area contributed by atoms with Gasteiger partial charge in [0.15, 0.2) is 18.2 Å². The molecule has 0 spiro atoms. The molecule has 2 N–H and O–H groups in total. The fourth-order valence-electron chi connectivity index (χ4n) is 2.03. The van der Waals surface area contributed by atoms with E-state index in [0.717, 1.165) is 12.3 Å². The Morgan fingerprint density at radius 1 is 1.03 bits per heavy atom. The quantitative estimate of drug-likeness (QED) is 0.342. The van der Waals surface area contributed by atoms with Gasteiger partial charge in [0.1, 0.15) is 12.1 Å². The van der Waals surface area contributed by atoms with Gasteiger partial charge in [0, 0.05) is 24.4 Å². The Balaban J connectivity index is 0.000000316. The van der Waals surface area contributed by atoms with Crippen molar-refractivity contribution >= 4 is 12.1 Å². The number of nitrogens with zero attached hydrogens (tertiary/aromatic N) is 3. The largest absolute Gasteiger partial charge is 0.466 e. The summed E-state index contributed by atoms with van der Waals surface area (Å²) in [6.07, 6.45) is 0.0436. The zero-order valence-electron chi connectivity index (χ0n) is 16.0. The molecule has 31 heavy (non-hydrogen) atoms. The highest BCUT2D eigenvalue weighted by atomic mass is 19.4. The van der Waals surface area contributed by atoms with Crippen molar-refractivity contribution in [3.63, 3.8) is 0 Å². The van der Waals surface area contributed by atoms with E-state index >= 15 is 0 Å². The Morgan fingerprint density at radius 3 is 2.26 bits per heavy atom. The highest BCUT2D eigenvalue weighted by molar-refractivity contribution is 5.74. The lowest BCUT2D eigenvalue weighted by Gasteiger charge is -2.09. The number of rotatable bonds is 6. The van der Waals surface area contributed by atoms with Crippen molar-refractivity contribution in [2.24, 2.45) is 0 Å². The van der Waals surface area contributed by atoms with Crippen LogP contribution in [0.5, 0.6) is 5.88 Å². The van der Waals surface area contributed by atoms with E-state index in [4.69, 9.17) is 0 Å². The number of pyridine rings is 1. The maximum atomic E-state index is 13.7. The van der Waals surface area contributed by atoms with Crippen LogP contribution >= 0.6 is 0 Å². The van der Waals surface area contributed by atoms with Crippen LogP contribution in [-0.4, -0.2) is 41.1 Å². The summed E-state index contributed by atoms with van der Waals surface area (Å²) in [5.41, 5.74) is 6.43. The van der Waals surface area contributed by atoms with Crippen molar-refractivity contribution < 1.29 is 31.5 Å². The number of anilines is 1. The Bertz CT molecular complexity index is 982. The molecule has 0 aliphatic rings. The number of hydrogen-bond donors (Lipinski definition) is 2. The van der Waals surface area contributed by atoms with Crippen molar-refractivity contribution in [1.29, 1.82) is 0 Å². The average Bonchev–Trinajstić information content (AvgIpc) is 2.74. The van der Waals surface area contributed by atoms with E-state index in [9.17, 15) is 26.7 Å². The van der Waals surface area contributed by atoms with Gasteiger partial charge in [0.2, 0.25) is 0 Å². The van der Waals surface area contributed by atoms with Crippen molar-refractivity contribution in [2.75, 3.05) is 19.1 Å². The lowest BCUT2D eigenvalue weighted by Crippen LogP contribution is -2.20. The van der Waals surface area contributed by atoms with Crippen molar-refractivity contribution in [2.45, 2.75) is 6.18 Å². The zero-order valence-corrected chi connectivity index (χ0v) is 16.0. The Kier molecular flexibility index (Phi) is 8.32. The number of hydrazine groups is 1. The Labute approximate surface area is 173 Å². The predicted octanol–water partition coefficient (Wildman–Crippen LogP) is 3.80. The first-order valence-electron chi connectivity index (χ1n) is 8.53. The van der Waals surface area contributed by atoms with Gasteiger partial charge in [-0.15, -0.1) is 0 Å². The third kappa shape index (κ3) is 7.93. The smallest absolute Gasteiger partial charge is 0.422 e. The number of ether oxygens (including phenoxy) is 1. The summed E-state index contributed by atoms with van der Waals surface area (Å²) in [7, 11) is 1.65. The molecule has 0 amide bonds. The molecule has 1 aromatic carbocycles. The number of carbonyl (C=O) groups excluding carboxylic acids is 1. The van der Waals surface area contributed by atoms with Gasteiger partial charge in [-0.05, 0) is 30.3 Å². The first-order valence-corrected chi connectivity index (χ1v) is 8.53. The van der Waals surface area contributed by atoms with E-state index in [1.54, 1.807) is 7.05 Å². The van der Waals surface area contributed by atoms with Gasteiger partial charge in [-0.1, -0.05) is 0 Å². The second-order valence-corrected chi connectivity index (χ2v) is 5.75. The summed E-state index contributed by atoms with van der Waals surface area (Å²) in [4.78, 5) is 21.5. The average molecular weight is 441 g/mol. The molecule has 2 heterocycles. The molecular formula is C19H16F5N5O2. The number of benzene rings is 1. The SMILES string of the molecule is CNNc1cnc(-c2cnc(OCC(F)(F)F)c(F)c2)cn1.O=Cc1ccc(F)cc1. The molecule has 0 fully saturated rings. The lowest BCUT2D eigenvalue weighted by molar-refractivity contribution is -0.154.